The molecule has 0 atom stereocenters. The van der Waals surface area contributed by atoms with Crippen molar-refractivity contribution in [3.05, 3.63) is 75.3 Å². The number of halogens is 3. The van der Waals surface area contributed by atoms with Gasteiger partial charge < -0.3 is 4.74 Å². The van der Waals surface area contributed by atoms with Crippen LogP contribution in [0.4, 0.5) is 13.2 Å². The summed E-state index contributed by atoms with van der Waals surface area (Å²) in [5.41, 5.74) is -0.216. The van der Waals surface area contributed by atoms with Gasteiger partial charge in [0.25, 0.3) is 5.56 Å². The largest absolute Gasteiger partial charge is 0.486 e. The molecule has 0 saturated carbocycles. The number of carbonyl (C=O) groups excluding carboxylic acids is 1. The van der Waals surface area contributed by atoms with Crippen LogP contribution in [-0.4, -0.2) is 15.2 Å². The first kappa shape index (κ1) is 18.6. The lowest BCUT2D eigenvalue weighted by Gasteiger charge is -2.16. The summed E-state index contributed by atoms with van der Waals surface area (Å²) in [5.74, 6) is -1.12. The normalized spacial score (nSPS) is 11.6. The van der Waals surface area contributed by atoms with E-state index >= 15 is 0 Å². The first-order chi connectivity index (χ1) is 12.7. The van der Waals surface area contributed by atoms with Gasteiger partial charge >= 0.3 is 6.18 Å². The molecule has 0 aliphatic heterocycles. The molecule has 1 aromatic carbocycles. The van der Waals surface area contributed by atoms with Crippen molar-refractivity contribution in [2.75, 3.05) is 0 Å². The van der Waals surface area contributed by atoms with Crippen molar-refractivity contribution in [2.24, 2.45) is 0 Å². The molecule has 3 aromatic rings. The average molecular weight is 376 g/mol. The molecule has 0 aliphatic rings. The van der Waals surface area contributed by atoms with Crippen molar-refractivity contribution in [1.29, 1.82) is 0 Å². The number of rotatable bonds is 4. The molecule has 2 aromatic heterocycles. The smallest absolute Gasteiger partial charge is 0.419 e. The summed E-state index contributed by atoms with van der Waals surface area (Å²) in [5, 5.41) is 0. The fourth-order valence-corrected chi connectivity index (χ4v) is 2.67. The SMILES string of the molecule is CC(=O)c1cccc(C(F)(F)F)c1OCc1cc(=O)n2ccc(C)cc2n1. The van der Waals surface area contributed by atoms with Crippen LogP contribution in [0, 0.1) is 6.92 Å². The van der Waals surface area contributed by atoms with E-state index in [1.807, 2.05) is 6.92 Å². The lowest BCUT2D eigenvalue weighted by molar-refractivity contribution is -0.139. The van der Waals surface area contributed by atoms with Crippen LogP contribution < -0.4 is 10.3 Å². The molecule has 0 fully saturated rings. The first-order valence-corrected chi connectivity index (χ1v) is 7.99. The molecule has 3 rings (SSSR count). The number of hydrogen-bond acceptors (Lipinski definition) is 4. The Morgan fingerprint density at radius 2 is 1.96 bits per heavy atom. The monoisotopic (exact) mass is 376 g/mol. The van der Waals surface area contributed by atoms with Crippen molar-refractivity contribution in [2.45, 2.75) is 26.6 Å². The van der Waals surface area contributed by atoms with Crippen LogP contribution >= 0.6 is 0 Å². The number of ether oxygens (including phenoxy) is 1. The Balaban J connectivity index is 2.01. The number of carbonyl (C=O) groups is 1. The molecule has 0 unspecified atom stereocenters. The fraction of sp³-hybridized carbons (Fsp3) is 0.211. The number of fused-ring (bicyclic) bond motifs is 1. The average Bonchev–Trinajstić information content (AvgIpc) is 2.58. The molecule has 0 spiro atoms. The fourth-order valence-electron chi connectivity index (χ4n) is 2.67. The third kappa shape index (κ3) is 3.84. The number of nitrogens with zero attached hydrogens (tertiary/aromatic N) is 2. The molecule has 0 N–H and O–H groups in total. The second kappa shape index (κ2) is 6.86. The van der Waals surface area contributed by atoms with E-state index in [9.17, 15) is 22.8 Å². The van der Waals surface area contributed by atoms with Gasteiger partial charge in [0.1, 0.15) is 18.0 Å². The van der Waals surface area contributed by atoms with E-state index in [2.05, 4.69) is 4.98 Å². The number of aromatic nitrogens is 2. The molecule has 0 bridgehead atoms. The van der Waals surface area contributed by atoms with Crippen LogP contribution in [0.5, 0.6) is 5.75 Å². The molecule has 0 saturated heterocycles. The Morgan fingerprint density at radius 3 is 2.63 bits per heavy atom. The third-order valence-electron chi connectivity index (χ3n) is 3.94. The summed E-state index contributed by atoms with van der Waals surface area (Å²) in [6.45, 7) is 2.60. The number of para-hydroxylation sites is 1. The van der Waals surface area contributed by atoms with Crippen molar-refractivity contribution in [1.82, 2.24) is 9.38 Å². The van der Waals surface area contributed by atoms with Crippen molar-refractivity contribution < 1.29 is 22.7 Å². The molecular weight excluding hydrogens is 361 g/mol. The summed E-state index contributed by atoms with van der Waals surface area (Å²) < 4.78 is 46.5. The van der Waals surface area contributed by atoms with E-state index in [0.29, 0.717) is 5.65 Å². The summed E-state index contributed by atoms with van der Waals surface area (Å²) >= 11 is 0. The number of pyridine rings is 1. The van der Waals surface area contributed by atoms with Gasteiger partial charge in [-0.1, -0.05) is 6.07 Å². The Morgan fingerprint density at radius 1 is 1.22 bits per heavy atom. The Kier molecular flexibility index (Phi) is 4.73. The number of hydrogen-bond donors (Lipinski definition) is 0. The number of alkyl halides is 3. The highest BCUT2D eigenvalue weighted by molar-refractivity contribution is 5.97. The summed E-state index contributed by atoms with van der Waals surface area (Å²) in [7, 11) is 0. The van der Waals surface area contributed by atoms with E-state index in [1.54, 1.807) is 18.3 Å². The molecule has 2 heterocycles. The van der Waals surface area contributed by atoms with Crippen LogP contribution in [-0.2, 0) is 12.8 Å². The third-order valence-corrected chi connectivity index (χ3v) is 3.94. The zero-order valence-electron chi connectivity index (χ0n) is 14.5. The van der Waals surface area contributed by atoms with Crippen LogP contribution in [0.1, 0.15) is 34.1 Å². The Bertz CT molecular complexity index is 1090. The van der Waals surface area contributed by atoms with Gasteiger partial charge in [-0.15, -0.1) is 0 Å². The van der Waals surface area contributed by atoms with E-state index in [0.717, 1.165) is 24.6 Å². The van der Waals surface area contributed by atoms with Gasteiger partial charge in [-0.05, 0) is 43.7 Å². The lowest BCUT2D eigenvalue weighted by atomic mass is 10.1. The molecule has 0 radical (unpaired) electrons. The minimum absolute atomic E-state index is 0.164. The molecule has 140 valence electrons. The van der Waals surface area contributed by atoms with E-state index in [4.69, 9.17) is 4.74 Å². The highest BCUT2D eigenvalue weighted by Crippen LogP contribution is 2.38. The summed E-state index contributed by atoms with van der Waals surface area (Å²) in [6, 6.07) is 7.86. The maximum absolute atomic E-state index is 13.3. The molecule has 0 amide bonds. The minimum Gasteiger partial charge on any atom is -0.486 e. The van der Waals surface area contributed by atoms with Gasteiger partial charge in [0.05, 0.1) is 16.8 Å². The van der Waals surface area contributed by atoms with Crippen molar-refractivity contribution in [3.8, 4) is 5.75 Å². The highest BCUT2D eigenvalue weighted by atomic mass is 19.4. The minimum atomic E-state index is -4.69. The molecular formula is C19H15F3N2O3. The standard InChI is InChI=1S/C19H15F3N2O3/c1-11-6-7-24-16(8-11)23-13(9-17(24)26)10-27-18-14(12(2)25)4-3-5-15(18)19(20,21)22/h3-9H,10H2,1-2H3. The van der Waals surface area contributed by atoms with Crippen LogP contribution in [0.15, 0.2) is 47.4 Å². The number of ketones is 1. The topological polar surface area (TPSA) is 60.7 Å². The number of Topliss-reactive ketones (excluding diaryl/α,β-unsaturated/α-hetero) is 1. The lowest BCUT2D eigenvalue weighted by Crippen LogP contribution is -2.17. The molecule has 8 heteroatoms. The quantitative estimate of drug-likeness (QED) is 0.650. The predicted molar refractivity (Wildman–Crippen MR) is 92.0 cm³/mol. The Hall–Kier alpha value is -3.16. The van der Waals surface area contributed by atoms with Crippen LogP contribution in [0.3, 0.4) is 0 Å². The van der Waals surface area contributed by atoms with E-state index in [-0.39, 0.29) is 23.4 Å². The van der Waals surface area contributed by atoms with Crippen LogP contribution in [0.2, 0.25) is 0 Å². The number of benzene rings is 1. The van der Waals surface area contributed by atoms with Gasteiger partial charge in [-0.3, -0.25) is 14.0 Å². The van der Waals surface area contributed by atoms with Crippen molar-refractivity contribution in [3.63, 3.8) is 0 Å². The summed E-state index contributed by atoms with van der Waals surface area (Å²) in [6.07, 6.45) is -3.12. The molecule has 0 aliphatic carbocycles. The zero-order chi connectivity index (χ0) is 19.8. The van der Waals surface area contributed by atoms with Gasteiger partial charge in [-0.25, -0.2) is 4.98 Å². The maximum atomic E-state index is 13.3. The zero-order valence-corrected chi connectivity index (χ0v) is 14.5. The van der Waals surface area contributed by atoms with Crippen LogP contribution in [0.25, 0.3) is 5.65 Å². The highest BCUT2D eigenvalue weighted by Gasteiger charge is 2.36. The van der Waals surface area contributed by atoms with Crippen molar-refractivity contribution >= 4 is 11.4 Å². The van der Waals surface area contributed by atoms with Gasteiger partial charge in [-0.2, -0.15) is 13.2 Å². The molecule has 5 nitrogen and oxygen atoms in total. The van der Waals surface area contributed by atoms with E-state index in [1.165, 1.54) is 16.5 Å². The maximum Gasteiger partial charge on any atom is 0.419 e. The first-order valence-electron chi connectivity index (χ1n) is 7.99. The number of aryl methyl sites for hydroxylation is 1. The van der Waals surface area contributed by atoms with Gasteiger partial charge in [0, 0.05) is 12.3 Å². The Labute approximate surface area is 152 Å². The van der Waals surface area contributed by atoms with Gasteiger partial charge in [0.2, 0.25) is 0 Å². The second-order valence-electron chi connectivity index (χ2n) is 6.04. The van der Waals surface area contributed by atoms with Gasteiger partial charge in [0.15, 0.2) is 5.78 Å². The second-order valence-corrected chi connectivity index (χ2v) is 6.04. The summed E-state index contributed by atoms with van der Waals surface area (Å²) in [4.78, 5) is 28.1. The van der Waals surface area contributed by atoms with E-state index < -0.39 is 23.3 Å². The molecule has 27 heavy (non-hydrogen) atoms. The predicted octanol–water partition coefficient (Wildman–Crippen LogP) is 3.80.